The van der Waals surface area contributed by atoms with Crippen LogP contribution in [0.1, 0.15) is 10.5 Å². The molecule has 1 saturated heterocycles. The third kappa shape index (κ3) is 3.11. The monoisotopic (exact) mass is 384 g/mol. The first-order chi connectivity index (χ1) is 13.0. The third-order valence-corrected chi connectivity index (χ3v) is 6.85. The molecule has 1 amide bonds. The number of aryl methyl sites for hydroxylation is 1. The van der Waals surface area contributed by atoms with Crippen molar-refractivity contribution in [3.05, 3.63) is 60.6 Å². The summed E-state index contributed by atoms with van der Waals surface area (Å²) in [5.41, 5.74) is 1.61. The predicted octanol–water partition coefficient (Wildman–Crippen LogP) is 1.72. The summed E-state index contributed by atoms with van der Waals surface area (Å²) in [6, 6.07) is 12.9. The van der Waals surface area contributed by atoms with Crippen LogP contribution in [0.5, 0.6) is 0 Å². The molecule has 0 spiro atoms. The lowest BCUT2D eigenvalue weighted by Gasteiger charge is -2.34. The normalized spacial score (nSPS) is 16.0. The number of aromatic nitrogens is 2. The first-order valence-corrected chi connectivity index (χ1v) is 10.2. The number of carbonyl (C=O) groups excluding carboxylic acids is 1. The summed E-state index contributed by atoms with van der Waals surface area (Å²) in [4.78, 5) is 18.7. The van der Waals surface area contributed by atoms with E-state index in [1.807, 2.05) is 41.9 Å². The molecule has 27 heavy (non-hydrogen) atoms. The number of para-hydroxylation sites is 1. The summed E-state index contributed by atoms with van der Waals surface area (Å²) in [5.74, 6) is -0.0767. The molecule has 0 unspecified atom stereocenters. The third-order valence-electron chi connectivity index (χ3n) is 4.97. The van der Waals surface area contributed by atoms with Gasteiger partial charge in [-0.15, -0.1) is 0 Å². The number of pyridine rings is 1. The zero-order chi connectivity index (χ0) is 19.0. The van der Waals surface area contributed by atoms with E-state index in [1.165, 1.54) is 16.6 Å². The van der Waals surface area contributed by atoms with Gasteiger partial charge in [-0.2, -0.15) is 4.31 Å². The van der Waals surface area contributed by atoms with Crippen LogP contribution >= 0.6 is 0 Å². The maximum Gasteiger partial charge on any atom is 0.270 e. The Morgan fingerprint density at radius 1 is 1.04 bits per heavy atom. The molecule has 0 atom stereocenters. The number of hydrogen-bond donors (Lipinski definition) is 0. The zero-order valence-electron chi connectivity index (χ0n) is 14.9. The van der Waals surface area contributed by atoms with Gasteiger partial charge in [0.15, 0.2) is 0 Å². The first kappa shape index (κ1) is 17.7. The number of carbonyl (C=O) groups is 1. The molecule has 0 bridgehead atoms. The highest BCUT2D eigenvalue weighted by molar-refractivity contribution is 7.89. The van der Waals surface area contributed by atoms with Gasteiger partial charge >= 0.3 is 0 Å². The van der Waals surface area contributed by atoms with Crippen LogP contribution in [0.15, 0.2) is 59.8 Å². The van der Waals surface area contributed by atoms with Gasteiger partial charge in [-0.25, -0.2) is 8.42 Å². The lowest BCUT2D eigenvalue weighted by Crippen LogP contribution is -2.50. The maximum absolute atomic E-state index is 12.9. The van der Waals surface area contributed by atoms with Crippen LogP contribution in [0.2, 0.25) is 0 Å². The molecule has 1 aliphatic rings. The molecule has 0 radical (unpaired) electrons. The summed E-state index contributed by atoms with van der Waals surface area (Å²) in [6.45, 7) is 1.26. The molecule has 4 rings (SSSR count). The Morgan fingerprint density at radius 2 is 1.78 bits per heavy atom. The van der Waals surface area contributed by atoms with Crippen LogP contribution in [-0.2, 0) is 17.1 Å². The molecular formula is C19H20N4O3S. The topological polar surface area (TPSA) is 75.5 Å². The van der Waals surface area contributed by atoms with Crippen molar-refractivity contribution in [3.8, 4) is 0 Å². The van der Waals surface area contributed by atoms with Crippen molar-refractivity contribution in [1.29, 1.82) is 0 Å². The van der Waals surface area contributed by atoms with Crippen molar-refractivity contribution in [2.45, 2.75) is 4.90 Å². The molecule has 0 saturated carbocycles. The fourth-order valence-corrected chi connectivity index (χ4v) is 4.82. The van der Waals surface area contributed by atoms with Gasteiger partial charge in [-0.05, 0) is 24.3 Å². The fourth-order valence-electron chi connectivity index (χ4n) is 3.44. The van der Waals surface area contributed by atoms with E-state index >= 15 is 0 Å². The van der Waals surface area contributed by atoms with Gasteiger partial charge in [0.05, 0.1) is 0 Å². The van der Waals surface area contributed by atoms with Gasteiger partial charge in [-0.1, -0.05) is 18.2 Å². The number of sulfonamides is 1. The molecule has 1 fully saturated rings. The number of fused-ring (bicyclic) bond motifs is 1. The van der Waals surface area contributed by atoms with Crippen molar-refractivity contribution >= 4 is 26.8 Å². The Hall–Kier alpha value is -2.71. The minimum Gasteiger partial charge on any atom is -0.340 e. The van der Waals surface area contributed by atoms with E-state index in [0.717, 1.165) is 10.9 Å². The van der Waals surface area contributed by atoms with E-state index in [9.17, 15) is 13.2 Å². The highest BCUT2D eigenvalue weighted by Gasteiger charge is 2.31. The number of amides is 1. The highest BCUT2D eigenvalue weighted by Crippen LogP contribution is 2.21. The van der Waals surface area contributed by atoms with Crippen LogP contribution in [-0.4, -0.2) is 59.3 Å². The quantitative estimate of drug-likeness (QED) is 0.689. The molecule has 0 N–H and O–H groups in total. The summed E-state index contributed by atoms with van der Waals surface area (Å²) < 4.78 is 28.7. The number of benzene rings is 1. The van der Waals surface area contributed by atoms with Crippen LogP contribution < -0.4 is 0 Å². The number of nitrogens with zero attached hydrogens (tertiary/aromatic N) is 4. The molecule has 1 aromatic carbocycles. The summed E-state index contributed by atoms with van der Waals surface area (Å²) in [5, 5.41) is 1.01. The smallest absolute Gasteiger partial charge is 0.270 e. The van der Waals surface area contributed by atoms with Crippen molar-refractivity contribution in [1.82, 2.24) is 18.8 Å². The second-order valence-corrected chi connectivity index (χ2v) is 8.47. The van der Waals surface area contributed by atoms with Gasteiger partial charge in [0.25, 0.3) is 5.91 Å². The van der Waals surface area contributed by atoms with Crippen LogP contribution in [0.3, 0.4) is 0 Å². The largest absolute Gasteiger partial charge is 0.340 e. The molecular weight excluding hydrogens is 364 g/mol. The average Bonchev–Trinajstić information content (AvgIpc) is 3.05. The lowest BCUT2D eigenvalue weighted by molar-refractivity contribution is 0.0688. The van der Waals surface area contributed by atoms with Gasteiger partial charge in [0, 0.05) is 56.5 Å². The molecule has 0 aliphatic carbocycles. The Morgan fingerprint density at radius 3 is 2.44 bits per heavy atom. The number of hydrogen-bond acceptors (Lipinski definition) is 4. The van der Waals surface area contributed by atoms with E-state index in [4.69, 9.17) is 0 Å². The van der Waals surface area contributed by atoms with E-state index in [-0.39, 0.29) is 23.9 Å². The van der Waals surface area contributed by atoms with Crippen LogP contribution in [0, 0.1) is 0 Å². The number of piperazine rings is 1. The standard InChI is InChI=1S/C19H20N4O3S/c1-21-17-7-3-2-5-15(17)13-18(21)19(24)22-9-11-23(12-10-22)27(25,26)16-6-4-8-20-14-16/h2-8,13-14H,9-12H2,1H3. The second kappa shape index (κ2) is 6.79. The average molecular weight is 384 g/mol. The van der Waals surface area contributed by atoms with Crippen LogP contribution in [0.4, 0.5) is 0 Å². The second-order valence-electron chi connectivity index (χ2n) is 6.53. The van der Waals surface area contributed by atoms with Crippen molar-refractivity contribution in [3.63, 3.8) is 0 Å². The van der Waals surface area contributed by atoms with E-state index in [1.54, 1.807) is 17.2 Å². The molecule has 7 nitrogen and oxygen atoms in total. The Kier molecular flexibility index (Phi) is 4.45. The van der Waals surface area contributed by atoms with Gasteiger partial charge in [0.1, 0.15) is 10.6 Å². The minimum atomic E-state index is -3.58. The fraction of sp³-hybridized carbons (Fsp3) is 0.263. The summed E-state index contributed by atoms with van der Waals surface area (Å²) >= 11 is 0. The van der Waals surface area contributed by atoms with E-state index in [2.05, 4.69) is 4.98 Å². The molecule has 8 heteroatoms. The lowest BCUT2D eigenvalue weighted by atomic mass is 10.2. The Bertz CT molecular complexity index is 1080. The van der Waals surface area contributed by atoms with Crippen LogP contribution in [0.25, 0.3) is 10.9 Å². The molecule has 140 valence electrons. The van der Waals surface area contributed by atoms with Gasteiger partial charge < -0.3 is 9.47 Å². The molecule has 1 aliphatic heterocycles. The Balaban J connectivity index is 1.50. The molecule has 3 heterocycles. The first-order valence-electron chi connectivity index (χ1n) is 8.72. The summed E-state index contributed by atoms with van der Waals surface area (Å²) in [7, 11) is -1.70. The molecule has 2 aromatic heterocycles. The van der Waals surface area contributed by atoms with E-state index < -0.39 is 10.0 Å². The highest BCUT2D eigenvalue weighted by atomic mass is 32.2. The number of rotatable bonds is 3. The van der Waals surface area contributed by atoms with Crippen molar-refractivity contribution < 1.29 is 13.2 Å². The van der Waals surface area contributed by atoms with Crippen molar-refractivity contribution in [2.24, 2.45) is 7.05 Å². The van der Waals surface area contributed by atoms with Gasteiger partial charge in [0.2, 0.25) is 10.0 Å². The molecule has 3 aromatic rings. The van der Waals surface area contributed by atoms with E-state index in [0.29, 0.717) is 18.8 Å². The van der Waals surface area contributed by atoms with Gasteiger partial charge in [-0.3, -0.25) is 9.78 Å². The maximum atomic E-state index is 12.9. The SMILES string of the molecule is Cn1c(C(=O)N2CCN(S(=O)(=O)c3cccnc3)CC2)cc2ccccc21. The van der Waals surface area contributed by atoms with Crippen molar-refractivity contribution in [2.75, 3.05) is 26.2 Å². The minimum absolute atomic E-state index is 0.0767. The Labute approximate surface area is 157 Å². The zero-order valence-corrected chi connectivity index (χ0v) is 15.8. The summed E-state index contributed by atoms with van der Waals surface area (Å²) in [6.07, 6.45) is 2.89. The predicted molar refractivity (Wildman–Crippen MR) is 102 cm³/mol.